The lowest BCUT2D eigenvalue weighted by molar-refractivity contribution is -0.119. The molecule has 0 aliphatic heterocycles. The van der Waals surface area contributed by atoms with Gasteiger partial charge in [-0.3, -0.25) is 9.48 Å². The number of nitrogens with zero attached hydrogens (tertiary/aromatic N) is 3. The third-order valence-corrected chi connectivity index (χ3v) is 4.62. The predicted octanol–water partition coefficient (Wildman–Crippen LogP) is 3.67. The van der Waals surface area contributed by atoms with Crippen LogP contribution in [0.3, 0.4) is 0 Å². The van der Waals surface area contributed by atoms with Gasteiger partial charge >= 0.3 is 5.63 Å². The molecule has 2 aromatic carbocycles. The van der Waals surface area contributed by atoms with Gasteiger partial charge in [0.05, 0.1) is 11.7 Å². The first-order chi connectivity index (χ1) is 13.6. The molecule has 0 aliphatic carbocycles. The lowest BCUT2D eigenvalue weighted by Crippen LogP contribution is -2.34. The normalized spacial score (nSPS) is 11.0. The van der Waals surface area contributed by atoms with Gasteiger partial charge in [0.25, 0.3) is 0 Å². The molecule has 0 aliphatic rings. The Morgan fingerprint density at radius 3 is 2.75 bits per heavy atom. The van der Waals surface area contributed by atoms with Crippen LogP contribution in [0.5, 0.6) is 0 Å². The molecule has 4 rings (SSSR count). The minimum absolute atomic E-state index is 0.00126. The minimum Gasteiger partial charge on any atom is -0.422 e. The van der Waals surface area contributed by atoms with Gasteiger partial charge < -0.3 is 9.32 Å². The molecule has 0 N–H and O–H groups in total. The molecule has 6 nitrogen and oxygen atoms in total. The van der Waals surface area contributed by atoms with Gasteiger partial charge in [0.2, 0.25) is 5.91 Å². The third-order valence-electron chi connectivity index (χ3n) is 4.62. The van der Waals surface area contributed by atoms with E-state index in [4.69, 9.17) is 4.42 Å². The van der Waals surface area contributed by atoms with Crippen molar-refractivity contribution in [2.45, 2.75) is 13.5 Å². The Morgan fingerprint density at radius 2 is 2.00 bits per heavy atom. The Balaban J connectivity index is 1.80. The zero-order valence-corrected chi connectivity index (χ0v) is 15.5. The van der Waals surface area contributed by atoms with Crippen LogP contribution in [-0.2, 0) is 11.3 Å². The number of para-hydroxylation sites is 1. The molecule has 0 unspecified atom stereocenters. The molecule has 0 bridgehead atoms. The quantitative estimate of drug-likeness (QED) is 0.395. The van der Waals surface area contributed by atoms with E-state index in [0.717, 1.165) is 16.6 Å². The number of hydrogen-bond acceptors (Lipinski definition) is 4. The van der Waals surface area contributed by atoms with Crippen molar-refractivity contribution in [3.8, 4) is 0 Å². The minimum atomic E-state index is -0.462. The van der Waals surface area contributed by atoms with Gasteiger partial charge in [-0.2, -0.15) is 5.10 Å². The maximum absolute atomic E-state index is 13.0. The second-order valence-corrected chi connectivity index (χ2v) is 6.58. The Kier molecular flexibility index (Phi) is 4.53. The highest BCUT2D eigenvalue weighted by Crippen LogP contribution is 2.24. The van der Waals surface area contributed by atoms with Gasteiger partial charge in [-0.15, -0.1) is 6.58 Å². The number of hydrogen-bond donors (Lipinski definition) is 0. The largest absolute Gasteiger partial charge is 0.422 e. The molecule has 0 spiro atoms. The maximum atomic E-state index is 13.0. The molecule has 0 atom stereocenters. The highest BCUT2D eigenvalue weighted by atomic mass is 16.4. The first-order valence-corrected chi connectivity index (χ1v) is 8.94. The van der Waals surface area contributed by atoms with E-state index in [9.17, 15) is 9.59 Å². The van der Waals surface area contributed by atoms with E-state index in [1.807, 2.05) is 49.4 Å². The van der Waals surface area contributed by atoms with Gasteiger partial charge in [-0.25, -0.2) is 4.79 Å². The van der Waals surface area contributed by atoms with E-state index in [-0.39, 0.29) is 12.5 Å². The summed E-state index contributed by atoms with van der Waals surface area (Å²) in [5.41, 5.74) is 2.43. The number of benzene rings is 2. The molecule has 0 saturated carbocycles. The smallest absolute Gasteiger partial charge is 0.347 e. The Hall–Kier alpha value is -3.67. The summed E-state index contributed by atoms with van der Waals surface area (Å²) < 4.78 is 6.95. The van der Waals surface area contributed by atoms with Gasteiger partial charge in [0.15, 0.2) is 0 Å². The fraction of sp³-hybridized carbons (Fsp3) is 0.136. The lowest BCUT2D eigenvalue weighted by Gasteiger charge is -2.21. The molecule has 2 aromatic heterocycles. The lowest BCUT2D eigenvalue weighted by atomic mass is 10.1. The summed E-state index contributed by atoms with van der Waals surface area (Å²) in [6.45, 7) is 6.09. The number of aromatic nitrogens is 2. The number of anilines is 1. The SMILES string of the molecule is C=CCN(C(=O)Cn1ncc2c(=O)oc3ccc(C)cc3c21)c1ccccc1. The number of rotatable bonds is 5. The van der Waals surface area contributed by atoms with Crippen LogP contribution < -0.4 is 10.5 Å². The Labute approximate surface area is 161 Å². The monoisotopic (exact) mass is 373 g/mol. The number of amides is 1. The molecule has 2 heterocycles. The van der Waals surface area contributed by atoms with Crippen LogP contribution >= 0.6 is 0 Å². The second-order valence-electron chi connectivity index (χ2n) is 6.58. The average Bonchev–Trinajstić information content (AvgIpc) is 3.12. The van der Waals surface area contributed by atoms with Gasteiger partial charge in [-0.1, -0.05) is 35.9 Å². The van der Waals surface area contributed by atoms with E-state index in [1.54, 1.807) is 21.7 Å². The molecule has 1 amide bonds. The summed E-state index contributed by atoms with van der Waals surface area (Å²) in [6.07, 6.45) is 3.13. The molecule has 0 radical (unpaired) electrons. The number of fused-ring (bicyclic) bond motifs is 3. The van der Waals surface area contributed by atoms with Crippen molar-refractivity contribution in [3.63, 3.8) is 0 Å². The molecule has 0 saturated heterocycles. The molecular weight excluding hydrogens is 354 g/mol. The fourth-order valence-corrected chi connectivity index (χ4v) is 3.31. The van der Waals surface area contributed by atoms with Crippen LogP contribution in [0.15, 0.2) is 76.6 Å². The van der Waals surface area contributed by atoms with E-state index >= 15 is 0 Å². The zero-order valence-electron chi connectivity index (χ0n) is 15.5. The number of carbonyl (C=O) groups is 1. The number of carbonyl (C=O) groups excluding carboxylic acids is 1. The van der Waals surface area contributed by atoms with Crippen LogP contribution in [0.1, 0.15) is 5.56 Å². The van der Waals surface area contributed by atoms with Crippen molar-refractivity contribution in [2.75, 3.05) is 11.4 Å². The van der Waals surface area contributed by atoms with E-state index < -0.39 is 5.63 Å². The van der Waals surface area contributed by atoms with Crippen LogP contribution in [0.2, 0.25) is 0 Å². The predicted molar refractivity (Wildman–Crippen MR) is 110 cm³/mol. The topological polar surface area (TPSA) is 68.3 Å². The van der Waals surface area contributed by atoms with Crippen LogP contribution in [0.4, 0.5) is 5.69 Å². The molecule has 28 heavy (non-hydrogen) atoms. The Bertz CT molecular complexity index is 1240. The summed E-state index contributed by atoms with van der Waals surface area (Å²) in [7, 11) is 0. The van der Waals surface area contributed by atoms with E-state index in [0.29, 0.717) is 23.0 Å². The van der Waals surface area contributed by atoms with Crippen molar-refractivity contribution in [1.82, 2.24) is 9.78 Å². The van der Waals surface area contributed by atoms with E-state index in [2.05, 4.69) is 11.7 Å². The third kappa shape index (κ3) is 3.09. The van der Waals surface area contributed by atoms with Crippen molar-refractivity contribution in [3.05, 3.63) is 83.4 Å². The fourth-order valence-electron chi connectivity index (χ4n) is 3.31. The van der Waals surface area contributed by atoms with Crippen LogP contribution in [0, 0.1) is 6.92 Å². The molecule has 6 heteroatoms. The van der Waals surface area contributed by atoms with Gasteiger partial charge in [0.1, 0.15) is 17.5 Å². The first-order valence-electron chi connectivity index (χ1n) is 8.94. The van der Waals surface area contributed by atoms with Gasteiger partial charge in [0, 0.05) is 17.6 Å². The van der Waals surface area contributed by atoms with Crippen LogP contribution in [0.25, 0.3) is 21.9 Å². The zero-order chi connectivity index (χ0) is 19.7. The van der Waals surface area contributed by atoms with Crippen molar-refractivity contribution < 1.29 is 9.21 Å². The highest BCUT2D eigenvalue weighted by molar-refractivity contribution is 6.03. The van der Waals surface area contributed by atoms with E-state index in [1.165, 1.54) is 6.20 Å². The summed E-state index contributed by atoms with van der Waals surface area (Å²) in [5, 5.41) is 5.42. The van der Waals surface area contributed by atoms with Crippen molar-refractivity contribution in [1.29, 1.82) is 0 Å². The standard InChI is InChI=1S/C22H19N3O3/c1-3-11-24(16-7-5-4-6-8-16)20(26)14-25-21-17-12-15(2)9-10-19(17)28-22(27)18(21)13-23-25/h3-10,12-13H,1,11,14H2,2H3. The second kappa shape index (κ2) is 7.15. The molecule has 0 fully saturated rings. The van der Waals surface area contributed by atoms with Gasteiger partial charge in [-0.05, 0) is 31.2 Å². The maximum Gasteiger partial charge on any atom is 0.347 e. The summed E-state index contributed by atoms with van der Waals surface area (Å²) in [6, 6.07) is 15.0. The molecule has 4 aromatic rings. The summed E-state index contributed by atoms with van der Waals surface area (Å²) >= 11 is 0. The molecular formula is C22H19N3O3. The average molecular weight is 373 g/mol. The first kappa shape index (κ1) is 17.7. The number of aryl methyl sites for hydroxylation is 1. The van der Waals surface area contributed by atoms with Crippen molar-refractivity contribution in [2.24, 2.45) is 0 Å². The molecule has 140 valence electrons. The Morgan fingerprint density at radius 1 is 1.21 bits per heavy atom. The summed E-state index contributed by atoms with van der Waals surface area (Å²) in [4.78, 5) is 27.0. The van der Waals surface area contributed by atoms with Crippen molar-refractivity contribution >= 4 is 33.5 Å². The highest BCUT2D eigenvalue weighted by Gasteiger charge is 2.19. The summed E-state index contributed by atoms with van der Waals surface area (Å²) in [5.74, 6) is -0.148. The van der Waals surface area contributed by atoms with Crippen LogP contribution in [-0.4, -0.2) is 22.2 Å².